The lowest BCUT2D eigenvalue weighted by Gasteiger charge is -2.22. The van der Waals surface area contributed by atoms with Crippen molar-refractivity contribution in [2.24, 2.45) is 7.05 Å². The van der Waals surface area contributed by atoms with Crippen molar-refractivity contribution in [1.29, 1.82) is 0 Å². The Bertz CT molecular complexity index is 1570. The Balaban J connectivity index is 1.58. The van der Waals surface area contributed by atoms with Crippen LogP contribution in [0.1, 0.15) is 42.7 Å². The Morgan fingerprint density at radius 1 is 0.812 bits per heavy atom. The second-order valence-electron chi connectivity index (χ2n) is 9.60. The minimum absolute atomic E-state index is 0.741. The van der Waals surface area contributed by atoms with E-state index in [1.165, 1.54) is 90.2 Å². The summed E-state index contributed by atoms with van der Waals surface area (Å²) in [6.07, 6.45) is 7.71. The van der Waals surface area contributed by atoms with Crippen molar-refractivity contribution < 1.29 is 4.57 Å². The average molecular weight is 433 g/mol. The fourth-order valence-electron chi connectivity index (χ4n) is 6.15. The van der Waals surface area contributed by atoms with Crippen molar-refractivity contribution in [3.63, 3.8) is 0 Å². The van der Waals surface area contributed by atoms with E-state index in [0.29, 0.717) is 0 Å². The van der Waals surface area contributed by atoms with Crippen LogP contribution in [0.2, 0.25) is 0 Å². The number of pyridine rings is 1. The fourth-order valence-corrected chi connectivity index (χ4v) is 7.42. The highest BCUT2D eigenvalue weighted by atomic mass is 32.2. The van der Waals surface area contributed by atoms with Crippen LogP contribution in [0.5, 0.6) is 0 Å². The van der Waals surface area contributed by atoms with Gasteiger partial charge in [-0.1, -0.05) is 67.1 Å². The third-order valence-electron chi connectivity index (χ3n) is 7.78. The summed E-state index contributed by atoms with van der Waals surface area (Å²) in [7, 11) is 2.20. The smallest absolute Gasteiger partial charge is 0.200 e. The minimum Gasteiger partial charge on any atom is -0.200 e. The average Bonchev–Trinajstić information content (AvgIpc) is 3.35. The van der Waals surface area contributed by atoms with Gasteiger partial charge in [0.1, 0.15) is 7.05 Å². The minimum atomic E-state index is 0.741. The molecule has 32 heavy (non-hydrogen) atoms. The molecule has 1 aliphatic heterocycles. The predicted octanol–water partition coefficient (Wildman–Crippen LogP) is 8.07. The number of aryl methyl sites for hydroxylation is 2. The summed E-state index contributed by atoms with van der Waals surface area (Å²) >= 11 is 1.94. The van der Waals surface area contributed by atoms with Gasteiger partial charge in [-0.3, -0.25) is 0 Å². The zero-order valence-electron chi connectivity index (χ0n) is 18.6. The summed E-state index contributed by atoms with van der Waals surface area (Å²) in [5, 5.41) is 8.28. The van der Waals surface area contributed by atoms with Gasteiger partial charge >= 0.3 is 0 Å². The largest absolute Gasteiger partial charge is 0.222 e. The van der Waals surface area contributed by atoms with Crippen molar-refractivity contribution >= 4 is 44.1 Å². The molecule has 156 valence electrons. The monoisotopic (exact) mass is 432 g/mol. The van der Waals surface area contributed by atoms with Gasteiger partial charge in [0.25, 0.3) is 0 Å². The molecule has 0 atom stereocenters. The highest BCUT2D eigenvalue weighted by molar-refractivity contribution is 7.99. The van der Waals surface area contributed by atoms with E-state index in [1.54, 1.807) is 0 Å². The molecule has 0 saturated heterocycles. The molecule has 1 aliphatic carbocycles. The van der Waals surface area contributed by atoms with E-state index in [2.05, 4.69) is 85.4 Å². The van der Waals surface area contributed by atoms with Crippen LogP contribution in [-0.2, 0) is 7.05 Å². The summed E-state index contributed by atoms with van der Waals surface area (Å²) in [6.45, 7) is 2.30. The van der Waals surface area contributed by atoms with E-state index < -0.39 is 0 Å². The van der Waals surface area contributed by atoms with E-state index in [4.69, 9.17) is 0 Å². The first-order valence-electron chi connectivity index (χ1n) is 11.8. The molecule has 1 fully saturated rings. The van der Waals surface area contributed by atoms with Gasteiger partial charge in [0.15, 0.2) is 6.20 Å². The van der Waals surface area contributed by atoms with Crippen LogP contribution < -0.4 is 4.57 Å². The number of rotatable bonds is 1. The van der Waals surface area contributed by atoms with Crippen LogP contribution in [-0.4, -0.2) is 0 Å². The lowest BCUT2D eigenvalue weighted by atomic mass is 9.90. The van der Waals surface area contributed by atoms with Crippen molar-refractivity contribution in [3.05, 3.63) is 78.0 Å². The highest BCUT2D eigenvalue weighted by Crippen LogP contribution is 2.51. The van der Waals surface area contributed by atoms with E-state index >= 15 is 0 Å². The number of aromatic nitrogens is 1. The van der Waals surface area contributed by atoms with Crippen LogP contribution in [0.3, 0.4) is 0 Å². The lowest BCUT2D eigenvalue weighted by molar-refractivity contribution is -0.659. The summed E-state index contributed by atoms with van der Waals surface area (Å²) in [6, 6.07) is 23.2. The Kier molecular flexibility index (Phi) is 3.99. The first-order valence-corrected chi connectivity index (χ1v) is 12.6. The molecular weight excluding hydrogens is 406 g/mol. The number of fused-ring (bicyclic) bond motifs is 5. The molecular formula is C30H26NS+. The summed E-state index contributed by atoms with van der Waals surface area (Å²) < 4.78 is 2.33. The van der Waals surface area contributed by atoms with Crippen molar-refractivity contribution in [2.45, 2.75) is 48.3 Å². The Morgan fingerprint density at radius 3 is 2.47 bits per heavy atom. The molecule has 0 N–H and O–H groups in total. The van der Waals surface area contributed by atoms with Crippen molar-refractivity contribution in [3.8, 4) is 11.3 Å². The molecule has 0 unspecified atom stereocenters. The standard InChI is InChI=1S/C30H26NS/c1-18-23-10-6-5-9-21(23)16-26-28(18)30-29-24(13-14-31(30)2)25-15-20(19-7-3-4-8-19)11-12-22(25)17-27(29)32-26/h5-6,9-17,19H,3-4,7-8H2,1-2H3/q+1. The summed E-state index contributed by atoms with van der Waals surface area (Å²) in [4.78, 5) is 2.76. The molecule has 7 rings (SSSR count). The van der Waals surface area contributed by atoms with Crippen LogP contribution in [0.4, 0.5) is 0 Å². The predicted molar refractivity (Wildman–Crippen MR) is 136 cm³/mol. The first-order chi connectivity index (χ1) is 15.7. The fraction of sp³-hybridized carbons (Fsp3) is 0.233. The molecule has 1 aromatic heterocycles. The second-order valence-corrected chi connectivity index (χ2v) is 10.7. The first kappa shape index (κ1) is 18.7. The van der Waals surface area contributed by atoms with Crippen LogP contribution in [0.25, 0.3) is 43.6 Å². The zero-order chi connectivity index (χ0) is 21.4. The van der Waals surface area contributed by atoms with Gasteiger partial charge in [0.05, 0.1) is 10.9 Å². The normalized spacial score (nSPS) is 15.7. The molecule has 1 saturated carbocycles. The number of nitrogens with zero attached hydrogens (tertiary/aromatic N) is 1. The number of hydrogen-bond donors (Lipinski definition) is 0. The molecule has 0 spiro atoms. The van der Waals surface area contributed by atoms with Crippen LogP contribution in [0.15, 0.2) is 76.7 Å². The SMILES string of the molecule is Cc1c2c(cc3ccccc13)Sc1cc3ccc(C4CCCC4)cc3c3cc[n+](C)c-2c13. The highest BCUT2D eigenvalue weighted by Gasteiger charge is 2.30. The van der Waals surface area contributed by atoms with Crippen molar-refractivity contribution in [2.75, 3.05) is 0 Å². The molecule has 2 aliphatic rings. The molecule has 2 heteroatoms. The Morgan fingerprint density at radius 2 is 1.59 bits per heavy atom. The molecule has 2 heterocycles. The third-order valence-corrected chi connectivity index (χ3v) is 8.86. The van der Waals surface area contributed by atoms with Gasteiger partial charge in [-0.15, -0.1) is 0 Å². The second kappa shape index (κ2) is 6.83. The third kappa shape index (κ3) is 2.56. The van der Waals surface area contributed by atoms with Gasteiger partial charge in [-0.25, -0.2) is 4.57 Å². The maximum Gasteiger partial charge on any atom is 0.222 e. The van der Waals surface area contributed by atoms with Gasteiger partial charge in [0, 0.05) is 21.2 Å². The molecule has 5 aromatic rings. The quantitative estimate of drug-likeness (QED) is 0.188. The summed E-state index contributed by atoms with van der Waals surface area (Å²) in [5.74, 6) is 0.741. The molecule has 0 bridgehead atoms. The number of benzene rings is 4. The maximum atomic E-state index is 2.50. The van der Waals surface area contributed by atoms with Gasteiger partial charge in [0.2, 0.25) is 5.69 Å². The molecule has 0 radical (unpaired) electrons. The molecule has 1 nitrogen and oxygen atoms in total. The number of hydrogen-bond acceptors (Lipinski definition) is 1. The Labute approximate surface area is 193 Å². The van der Waals surface area contributed by atoms with Gasteiger partial charge < -0.3 is 0 Å². The van der Waals surface area contributed by atoms with Gasteiger partial charge in [-0.05, 0) is 70.5 Å². The topological polar surface area (TPSA) is 3.88 Å². The zero-order valence-corrected chi connectivity index (χ0v) is 19.4. The summed E-state index contributed by atoms with van der Waals surface area (Å²) in [5.41, 5.74) is 5.69. The van der Waals surface area contributed by atoms with Crippen LogP contribution in [0, 0.1) is 6.92 Å². The van der Waals surface area contributed by atoms with E-state index in [-0.39, 0.29) is 0 Å². The van der Waals surface area contributed by atoms with Crippen molar-refractivity contribution in [1.82, 2.24) is 0 Å². The Hall–Kier alpha value is -2.84. The van der Waals surface area contributed by atoms with E-state index in [1.807, 2.05) is 11.8 Å². The van der Waals surface area contributed by atoms with Gasteiger partial charge in [-0.2, -0.15) is 0 Å². The molecule has 4 aromatic carbocycles. The van der Waals surface area contributed by atoms with E-state index in [0.717, 1.165) is 5.92 Å². The molecule has 0 amide bonds. The van der Waals surface area contributed by atoms with Crippen LogP contribution >= 0.6 is 11.8 Å². The maximum absolute atomic E-state index is 2.50. The van der Waals surface area contributed by atoms with E-state index in [9.17, 15) is 0 Å². The lowest BCUT2D eigenvalue weighted by Crippen LogP contribution is -2.31.